The Morgan fingerprint density at radius 3 is 2.22 bits per heavy atom. The molecule has 12 heteroatoms. The zero-order chi connectivity index (χ0) is 23.3. The van der Waals surface area contributed by atoms with Crippen LogP contribution in [-0.4, -0.2) is 51.6 Å². The monoisotopic (exact) mass is 541 g/mol. The van der Waals surface area contributed by atoms with Gasteiger partial charge in [0.2, 0.25) is 10.9 Å². The van der Waals surface area contributed by atoms with Crippen LogP contribution in [0.25, 0.3) is 0 Å². The molecule has 1 heterocycles. The summed E-state index contributed by atoms with van der Waals surface area (Å²) < 4.78 is 41.6. The Kier molecular flexibility index (Phi) is 7.69. The minimum atomic E-state index is -3.46. The number of benzene rings is 2. The lowest BCUT2D eigenvalue weighted by Crippen LogP contribution is -2.12. The number of methoxy groups -OCH3 is 3. The summed E-state index contributed by atoms with van der Waals surface area (Å²) in [5, 5.41) is 11.3. The highest BCUT2D eigenvalue weighted by molar-refractivity contribution is 9.10. The fourth-order valence-corrected chi connectivity index (χ4v) is 5.14. The van der Waals surface area contributed by atoms with Crippen molar-refractivity contribution in [2.75, 3.05) is 32.4 Å². The number of nitrogens with one attached hydrogen (secondary N) is 1. The summed E-state index contributed by atoms with van der Waals surface area (Å²) in [6, 6.07) is 9.47. The number of aromatic nitrogens is 2. The minimum Gasteiger partial charge on any atom is -0.493 e. The van der Waals surface area contributed by atoms with E-state index in [0.717, 1.165) is 15.8 Å². The highest BCUT2D eigenvalue weighted by Crippen LogP contribution is 2.38. The Labute approximate surface area is 197 Å². The van der Waals surface area contributed by atoms with Gasteiger partial charge >= 0.3 is 0 Å². The van der Waals surface area contributed by atoms with Crippen LogP contribution in [0.2, 0.25) is 0 Å². The molecule has 0 aliphatic rings. The molecule has 0 aliphatic heterocycles. The summed E-state index contributed by atoms with van der Waals surface area (Å²) in [7, 11) is 0.922. The number of hydrogen-bond donors (Lipinski definition) is 1. The first-order chi connectivity index (χ1) is 15.3. The van der Waals surface area contributed by atoms with Gasteiger partial charge in [-0.2, -0.15) is 0 Å². The first-order valence-electron chi connectivity index (χ1n) is 9.19. The number of amides is 1. The molecule has 0 fully saturated rings. The molecule has 1 aromatic heterocycles. The fourth-order valence-electron chi connectivity index (χ4n) is 2.77. The Bertz CT molecular complexity index is 1190. The number of nitrogens with zero attached hydrogens (tertiary/aromatic N) is 2. The van der Waals surface area contributed by atoms with Crippen molar-refractivity contribution in [3.05, 3.63) is 51.4 Å². The summed E-state index contributed by atoms with van der Waals surface area (Å²) in [5.41, 5.74) is 0.272. The molecule has 3 aromatic rings. The Balaban J connectivity index is 1.68. The van der Waals surface area contributed by atoms with Gasteiger partial charge in [0.05, 0.1) is 32.0 Å². The predicted molar refractivity (Wildman–Crippen MR) is 124 cm³/mol. The number of aryl methyl sites for hydroxylation is 1. The quantitative estimate of drug-likeness (QED) is 0.436. The Morgan fingerprint density at radius 1 is 1.03 bits per heavy atom. The van der Waals surface area contributed by atoms with Crippen LogP contribution in [0.5, 0.6) is 17.2 Å². The van der Waals surface area contributed by atoms with Crippen molar-refractivity contribution in [3.8, 4) is 17.2 Å². The van der Waals surface area contributed by atoms with E-state index in [1.807, 2.05) is 0 Å². The van der Waals surface area contributed by atoms with Crippen molar-refractivity contribution in [2.45, 2.75) is 11.3 Å². The largest absolute Gasteiger partial charge is 0.493 e. The standard InChI is InChI=1S/C20H20BrN3O6S2/c1-28-15-10-12(11-16(29-2)18(15)30-3)19(25)22-20-24-23-17(31-20)8-9-32(26,27)14-6-4-13(21)5-7-14/h4-7,10-11H,8-9H2,1-3H3,(H,22,24,25). The van der Waals surface area contributed by atoms with Gasteiger partial charge in [-0.1, -0.05) is 27.3 Å². The van der Waals surface area contributed by atoms with Crippen molar-refractivity contribution >= 4 is 48.1 Å². The average molecular weight is 542 g/mol. The first-order valence-corrected chi connectivity index (χ1v) is 12.5. The van der Waals surface area contributed by atoms with Crippen LogP contribution in [0.15, 0.2) is 45.8 Å². The number of halogens is 1. The molecule has 0 spiro atoms. The van der Waals surface area contributed by atoms with Crippen molar-refractivity contribution in [1.29, 1.82) is 0 Å². The van der Waals surface area contributed by atoms with E-state index in [9.17, 15) is 13.2 Å². The molecular formula is C20H20BrN3O6S2. The molecule has 0 aliphatic carbocycles. The van der Waals surface area contributed by atoms with Gasteiger partial charge in [0, 0.05) is 16.5 Å². The van der Waals surface area contributed by atoms with Gasteiger partial charge in [0.1, 0.15) is 5.01 Å². The Hall–Kier alpha value is -2.70. The van der Waals surface area contributed by atoms with Crippen molar-refractivity contribution in [2.24, 2.45) is 0 Å². The average Bonchev–Trinajstić information content (AvgIpc) is 3.24. The third-order valence-corrected chi connectivity index (χ3v) is 7.53. The number of carbonyl (C=O) groups excluding carboxylic acids is 1. The Morgan fingerprint density at radius 2 is 1.66 bits per heavy atom. The van der Waals surface area contributed by atoms with Crippen molar-refractivity contribution in [1.82, 2.24) is 10.2 Å². The number of anilines is 1. The zero-order valence-electron chi connectivity index (χ0n) is 17.4. The summed E-state index contributed by atoms with van der Waals surface area (Å²) >= 11 is 4.39. The lowest BCUT2D eigenvalue weighted by molar-refractivity contribution is 0.102. The van der Waals surface area contributed by atoms with Gasteiger partial charge in [0.15, 0.2) is 21.3 Å². The second-order valence-electron chi connectivity index (χ2n) is 6.39. The lowest BCUT2D eigenvalue weighted by Gasteiger charge is -2.13. The maximum absolute atomic E-state index is 12.7. The molecule has 32 heavy (non-hydrogen) atoms. The maximum atomic E-state index is 12.7. The highest BCUT2D eigenvalue weighted by atomic mass is 79.9. The molecule has 3 rings (SSSR count). The smallest absolute Gasteiger partial charge is 0.257 e. The lowest BCUT2D eigenvalue weighted by atomic mass is 10.1. The van der Waals surface area contributed by atoms with E-state index in [-0.39, 0.29) is 27.8 Å². The van der Waals surface area contributed by atoms with E-state index >= 15 is 0 Å². The van der Waals surface area contributed by atoms with E-state index < -0.39 is 15.7 Å². The van der Waals surface area contributed by atoms with Crippen LogP contribution in [0.3, 0.4) is 0 Å². The molecule has 1 N–H and O–H groups in total. The number of sulfone groups is 1. The summed E-state index contributed by atoms with van der Waals surface area (Å²) in [6.07, 6.45) is 0.177. The van der Waals surface area contributed by atoms with E-state index in [1.54, 1.807) is 24.3 Å². The van der Waals surface area contributed by atoms with Crippen LogP contribution in [-0.2, 0) is 16.3 Å². The molecule has 0 radical (unpaired) electrons. The molecule has 2 aromatic carbocycles. The number of carbonyl (C=O) groups is 1. The predicted octanol–water partition coefficient (Wildman–Crippen LogP) is 3.60. The SMILES string of the molecule is COc1cc(C(=O)Nc2nnc(CCS(=O)(=O)c3ccc(Br)cc3)s2)cc(OC)c1OC. The van der Waals surface area contributed by atoms with Crippen LogP contribution in [0.1, 0.15) is 15.4 Å². The van der Waals surface area contributed by atoms with E-state index in [4.69, 9.17) is 14.2 Å². The highest BCUT2D eigenvalue weighted by Gasteiger charge is 2.19. The minimum absolute atomic E-state index is 0.121. The third-order valence-electron chi connectivity index (χ3n) is 4.37. The van der Waals surface area contributed by atoms with Crippen LogP contribution in [0, 0.1) is 0 Å². The number of hydrogen-bond acceptors (Lipinski definition) is 9. The van der Waals surface area contributed by atoms with Gasteiger partial charge in [-0.25, -0.2) is 8.42 Å². The summed E-state index contributed by atoms with van der Waals surface area (Å²) in [6.45, 7) is 0. The molecule has 0 saturated heterocycles. The summed E-state index contributed by atoms with van der Waals surface area (Å²) in [4.78, 5) is 12.9. The number of rotatable bonds is 9. The molecular weight excluding hydrogens is 522 g/mol. The zero-order valence-corrected chi connectivity index (χ0v) is 20.6. The van der Waals surface area contributed by atoms with Gasteiger partial charge in [-0.05, 0) is 36.4 Å². The number of ether oxygens (including phenoxy) is 3. The molecule has 9 nitrogen and oxygen atoms in total. The molecule has 0 saturated carbocycles. The summed E-state index contributed by atoms with van der Waals surface area (Å²) in [5.74, 6) is 0.483. The maximum Gasteiger partial charge on any atom is 0.257 e. The van der Waals surface area contributed by atoms with E-state index in [1.165, 1.54) is 33.5 Å². The molecule has 1 amide bonds. The first kappa shape index (κ1) is 24.0. The van der Waals surface area contributed by atoms with Crippen LogP contribution >= 0.6 is 27.3 Å². The molecule has 0 unspecified atom stereocenters. The van der Waals surface area contributed by atoms with Gasteiger partial charge in [0.25, 0.3) is 5.91 Å². The van der Waals surface area contributed by atoms with Crippen LogP contribution < -0.4 is 19.5 Å². The van der Waals surface area contributed by atoms with E-state index in [0.29, 0.717) is 22.3 Å². The topological polar surface area (TPSA) is 117 Å². The molecule has 170 valence electrons. The van der Waals surface area contributed by atoms with E-state index in [2.05, 4.69) is 31.4 Å². The van der Waals surface area contributed by atoms with Crippen LogP contribution in [0.4, 0.5) is 5.13 Å². The van der Waals surface area contributed by atoms with Gasteiger partial charge in [-0.3, -0.25) is 10.1 Å². The second kappa shape index (κ2) is 10.3. The molecule has 0 bridgehead atoms. The van der Waals surface area contributed by atoms with Gasteiger partial charge in [-0.15, -0.1) is 10.2 Å². The second-order valence-corrected chi connectivity index (χ2v) is 10.5. The fraction of sp³-hybridized carbons (Fsp3) is 0.250. The van der Waals surface area contributed by atoms with Gasteiger partial charge < -0.3 is 14.2 Å². The van der Waals surface area contributed by atoms with Crippen molar-refractivity contribution in [3.63, 3.8) is 0 Å². The third kappa shape index (κ3) is 5.56. The van der Waals surface area contributed by atoms with Crippen molar-refractivity contribution < 1.29 is 27.4 Å². The molecule has 0 atom stereocenters. The normalized spacial score (nSPS) is 11.1.